The summed E-state index contributed by atoms with van der Waals surface area (Å²) in [7, 11) is 0. The van der Waals surface area contributed by atoms with Crippen LogP contribution in [-0.4, -0.2) is 11.8 Å². The van der Waals surface area contributed by atoms with Crippen molar-refractivity contribution in [1.82, 2.24) is 0 Å². The van der Waals surface area contributed by atoms with Crippen LogP contribution in [0.1, 0.15) is 38.3 Å². The third-order valence-corrected chi connectivity index (χ3v) is 4.56. The maximum absolute atomic E-state index is 12.7. The average Bonchev–Trinajstić information content (AvgIpc) is 2.82. The minimum absolute atomic E-state index is 0.0916. The van der Waals surface area contributed by atoms with Crippen molar-refractivity contribution in [3.8, 4) is 0 Å². The highest BCUT2D eigenvalue weighted by Gasteiger charge is 2.39. The number of nitrogens with zero attached hydrogens (tertiary/aromatic N) is 1. The first-order valence-corrected chi connectivity index (χ1v) is 8.37. The molecular formula is C21H23NO2. The van der Waals surface area contributed by atoms with E-state index in [-0.39, 0.29) is 29.6 Å². The molecule has 3 nitrogen and oxygen atoms in total. The quantitative estimate of drug-likeness (QED) is 0.798. The fraction of sp³-hybridized carbons (Fsp3) is 0.333. The molecule has 1 atom stereocenters. The number of rotatable bonds is 3. The molecule has 124 valence electrons. The number of hydrogen-bond donors (Lipinski definition) is 0. The Morgan fingerprint density at radius 1 is 0.958 bits per heavy atom. The Bertz CT molecular complexity index is 742. The van der Waals surface area contributed by atoms with Gasteiger partial charge in [0.1, 0.15) is 0 Å². The van der Waals surface area contributed by atoms with E-state index in [9.17, 15) is 9.59 Å². The molecule has 3 rings (SSSR count). The van der Waals surface area contributed by atoms with Crippen LogP contribution in [0.2, 0.25) is 0 Å². The number of carbonyl (C=O) groups is 2. The highest BCUT2D eigenvalue weighted by molar-refractivity contribution is 6.20. The van der Waals surface area contributed by atoms with Crippen LogP contribution in [-0.2, 0) is 21.4 Å². The van der Waals surface area contributed by atoms with Crippen molar-refractivity contribution in [2.24, 2.45) is 5.92 Å². The van der Waals surface area contributed by atoms with E-state index >= 15 is 0 Å². The second-order valence-electron chi connectivity index (χ2n) is 7.46. The first-order valence-electron chi connectivity index (χ1n) is 8.37. The van der Waals surface area contributed by atoms with E-state index in [0.717, 1.165) is 5.56 Å². The van der Waals surface area contributed by atoms with Gasteiger partial charge < -0.3 is 0 Å². The molecule has 2 aromatic rings. The Hall–Kier alpha value is -2.42. The van der Waals surface area contributed by atoms with Crippen LogP contribution in [0.25, 0.3) is 0 Å². The molecule has 1 unspecified atom stereocenters. The molecule has 0 spiro atoms. The number of carbonyl (C=O) groups excluding carboxylic acids is 2. The zero-order valence-electron chi connectivity index (χ0n) is 14.5. The van der Waals surface area contributed by atoms with Gasteiger partial charge in [-0.25, -0.2) is 0 Å². The smallest absolute Gasteiger partial charge is 0.237 e. The predicted molar refractivity (Wildman–Crippen MR) is 95.9 cm³/mol. The summed E-state index contributed by atoms with van der Waals surface area (Å²) in [5.74, 6) is -0.466. The van der Waals surface area contributed by atoms with E-state index in [1.165, 1.54) is 10.5 Å². The van der Waals surface area contributed by atoms with Crippen LogP contribution in [0, 0.1) is 5.92 Å². The van der Waals surface area contributed by atoms with E-state index in [2.05, 4.69) is 45.0 Å². The third kappa shape index (κ3) is 3.25. The first kappa shape index (κ1) is 16.4. The van der Waals surface area contributed by atoms with Crippen LogP contribution >= 0.6 is 0 Å². The summed E-state index contributed by atoms with van der Waals surface area (Å²) in [6, 6.07) is 17.5. The summed E-state index contributed by atoms with van der Waals surface area (Å²) < 4.78 is 0. The standard InChI is InChI=1S/C21H23NO2/c1-21(2,3)17-11-9-15(10-12-17)13-16-14-19(23)22(20(16)24)18-7-5-4-6-8-18/h4-12,16H,13-14H2,1-3H3. The molecule has 0 saturated carbocycles. The summed E-state index contributed by atoms with van der Waals surface area (Å²) in [4.78, 5) is 26.3. The number of benzene rings is 2. The molecule has 24 heavy (non-hydrogen) atoms. The zero-order chi connectivity index (χ0) is 17.3. The lowest BCUT2D eigenvalue weighted by molar-refractivity contribution is -0.122. The molecule has 0 radical (unpaired) electrons. The van der Waals surface area contributed by atoms with E-state index in [1.54, 1.807) is 12.1 Å². The average molecular weight is 321 g/mol. The summed E-state index contributed by atoms with van der Waals surface area (Å²) in [5, 5.41) is 0. The molecule has 1 fully saturated rings. The van der Waals surface area contributed by atoms with Gasteiger partial charge in [0, 0.05) is 6.42 Å². The molecule has 1 heterocycles. The molecule has 3 heteroatoms. The fourth-order valence-corrected chi connectivity index (χ4v) is 3.13. The molecule has 0 N–H and O–H groups in total. The van der Waals surface area contributed by atoms with Crippen molar-refractivity contribution < 1.29 is 9.59 Å². The summed E-state index contributed by atoms with van der Waals surface area (Å²) in [6.07, 6.45) is 0.896. The van der Waals surface area contributed by atoms with Gasteiger partial charge in [0.05, 0.1) is 11.6 Å². The van der Waals surface area contributed by atoms with Gasteiger partial charge in [-0.3, -0.25) is 14.5 Å². The first-order chi connectivity index (χ1) is 11.4. The van der Waals surface area contributed by atoms with E-state index in [4.69, 9.17) is 0 Å². The van der Waals surface area contributed by atoms with Crippen molar-refractivity contribution in [2.45, 2.75) is 39.0 Å². The van der Waals surface area contributed by atoms with E-state index in [0.29, 0.717) is 12.1 Å². The largest absolute Gasteiger partial charge is 0.274 e. The van der Waals surface area contributed by atoms with Gasteiger partial charge in [-0.2, -0.15) is 0 Å². The summed E-state index contributed by atoms with van der Waals surface area (Å²) in [6.45, 7) is 6.54. The third-order valence-electron chi connectivity index (χ3n) is 4.56. The summed E-state index contributed by atoms with van der Waals surface area (Å²) in [5.41, 5.74) is 3.15. The van der Waals surface area contributed by atoms with Crippen LogP contribution in [0.4, 0.5) is 5.69 Å². The normalized spacial score (nSPS) is 18.3. The van der Waals surface area contributed by atoms with Crippen molar-refractivity contribution >= 4 is 17.5 Å². The van der Waals surface area contributed by atoms with Crippen LogP contribution in [0.5, 0.6) is 0 Å². The summed E-state index contributed by atoms with van der Waals surface area (Å²) >= 11 is 0. The minimum atomic E-state index is -0.266. The van der Waals surface area contributed by atoms with Crippen molar-refractivity contribution in [1.29, 1.82) is 0 Å². The molecule has 0 aromatic heterocycles. The minimum Gasteiger partial charge on any atom is -0.274 e. The Labute approximate surface area is 143 Å². The SMILES string of the molecule is CC(C)(C)c1ccc(CC2CC(=O)N(c3ccccc3)C2=O)cc1. The molecule has 0 bridgehead atoms. The lowest BCUT2D eigenvalue weighted by Gasteiger charge is -2.19. The Kier molecular flexibility index (Phi) is 4.27. The van der Waals surface area contributed by atoms with Gasteiger partial charge in [0.15, 0.2) is 0 Å². The highest BCUT2D eigenvalue weighted by Crippen LogP contribution is 2.29. The second kappa shape index (κ2) is 6.23. The second-order valence-corrected chi connectivity index (χ2v) is 7.46. The van der Waals surface area contributed by atoms with Gasteiger partial charge in [0.25, 0.3) is 0 Å². The molecular weight excluding hydrogens is 298 g/mol. The lowest BCUT2D eigenvalue weighted by Crippen LogP contribution is -2.30. The highest BCUT2D eigenvalue weighted by atomic mass is 16.2. The van der Waals surface area contributed by atoms with Crippen LogP contribution in [0.3, 0.4) is 0 Å². The Balaban J connectivity index is 1.75. The maximum atomic E-state index is 12.7. The van der Waals surface area contributed by atoms with Crippen molar-refractivity contribution in [3.63, 3.8) is 0 Å². The van der Waals surface area contributed by atoms with Gasteiger partial charge in [-0.05, 0) is 35.1 Å². The van der Waals surface area contributed by atoms with E-state index in [1.807, 2.05) is 18.2 Å². The number of amides is 2. The van der Waals surface area contributed by atoms with Crippen LogP contribution in [0.15, 0.2) is 54.6 Å². The number of para-hydroxylation sites is 1. The number of hydrogen-bond acceptors (Lipinski definition) is 2. The number of anilines is 1. The molecule has 0 aliphatic carbocycles. The van der Waals surface area contributed by atoms with Crippen LogP contribution < -0.4 is 4.90 Å². The number of imide groups is 1. The molecule has 1 aliphatic rings. The molecule has 2 amide bonds. The Morgan fingerprint density at radius 2 is 1.58 bits per heavy atom. The van der Waals surface area contributed by atoms with Gasteiger partial charge in [-0.15, -0.1) is 0 Å². The van der Waals surface area contributed by atoms with Gasteiger partial charge >= 0.3 is 0 Å². The van der Waals surface area contributed by atoms with Gasteiger partial charge in [0.2, 0.25) is 11.8 Å². The maximum Gasteiger partial charge on any atom is 0.237 e. The molecule has 1 aliphatic heterocycles. The fourth-order valence-electron chi connectivity index (χ4n) is 3.13. The van der Waals surface area contributed by atoms with Gasteiger partial charge in [-0.1, -0.05) is 63.2 Å². The van der Waals surface area contributed by atoms with Crippen molar-refractivity contribution in [3.05, 3.63) is 65.7 Å². The molecule has 1 saturated heterocycles. The van der Waals surface area contributed by atoms with E-state index < -0.39 is 0 Å². The zero-order valence-corrected chi connectivity index (χ0v) is 14.5. The predicted octanol–water partition coefficient (Wildman–Crippen LogP) is 4.11. The Morgan fingerprint density at radius 3 is 2.17 bits per heavy atom. The molecule has 2 aromatic carbocycles. The monoisotopic (exact) mass is 321 g/mol. The topological polar surface area (TPSA) is 37.4 Å². The van der Waals surface area contributed by atoms with Crippen molar-refractivity contribution in [2.75, 3.05) is 4.90 Å². The lowest BCUT2D eigenvalue weighted by atomic mass is 9.86.